The Labute approximate surface area is 168 Å². The zero-order valence-electron chi connectivity index (χ0n) is 16.2. The number of nitrogens with zero attached hydrogens (tertiary/aromatic N) is 2. The fourth-order valence-electron chi connectivity index (χ4n) is 2.66. The number of pyridine rings is 1. The molecule has 3 rings (SSSR count). The van der Waals surface area contributed by atoms with E-state index in [1.54, 1.807) is 41.9 Å². The number of carbonyl (C=O) groups is 1. The summed E-state index contributed by atoms with van der Waals surface area (Å²) >= 11 is 1.56. The van der Waals surface area contributed by atoms with Crippen LogP contribution in [0.25, 0.3) is 10.6 Å². The van der Waals surface area contributed by atoms with Crippen molar-refractivity contribution >= 4 is 17.2 Å². The van der Waals surface area contributed by atoms with Gasteiger partial charge in [0.05, 0.1) is 25.5 Å². The number of carbonyl (C=O) groups excluding carboxylic acids is 1. The SMILES string of the molecule is CCOc1ccc(C(=O)NCc2sc(-c3cccnc3)nc2C)cc1OCC. The Bertz CT molecular complexity index is 941. The Morgan fingerprint density at radius 2 is 1.93 bits per heavy atom. The number of thiazole rings is 1. The van der Waals surface area contributed by atoms with Gasteiger partial charge in [0.1, 0.15) is 5.01 Å². The molecule has 146 valence electrons. The van der Waals surface area contributed by atoms with Crippen molar-refractivity contribution in [3.05, 3.63) is 58.9 Å². The summed E-state index contributed by atoms with van der Waals surface area (Å²) in [5.41, 5.74) is 2.41. The lowest BCUT2D eigenvalue weighted by molar-refractivity contribution is 0.0950. The Morgan fingerprint density at radius 3 is 2.64 bits per heavy atom. The monoisotopic (exact) mass is 397 g/mol. The van der Waals surface area contributed by atoms with E-state index in [1.165, 1.54) is 0 Å². The average molecular weight is 398 g/mol. The van der Waals surface area contributed by atoms with E-state index >= 15 is 0 Å². The van der Waals surface area contributed by atoms with Crippen LogP contribution in [0.1, 0.15) is 34.8 Å². The lowest BCUT2D eigenvalue weighted by atomic mass is 10.2. The number of hydrogen-bond acceptors (Lipinski definition) is 6. The van der Waals surface area contributed by atoms with Crippen LogP contribution in [-0.4, -0.2) is 29.1 Å². The van der Waals surface area contributed by atoms with Crippen LogP contribution in [0.15, 0.2) is 42.7 Å². The molecular weight excluding hydrogens is 374 g/mol. The molecule has 0 bridgehead atoms. The van der Waals surface area contributed by atoms with Gasteiger partial charge in [0.25, 0.3) is 5.91 Å². The summed E-state index contributed by atoms with van der Waals surface area (Å²) in [4.78, 5) is 22.3. The van der Waals surface area contributed by atoms with Crippen LogP contribution in [0.4, 0.5) is 0 Å². The quantitative estimate of drug-likeness (QED) is 0.615. The van der Waals surface area contributed by atoms with Gasteiger partial charge in [-0.25, -0.2) is 4.98 Å². The first-order valence-corrected chi connectivity index (χ1v) is 9.98. The number of nitrogens with one attached hydrogen (secondary N) is 1. The summed E-state index contributed by atoms with van der Waals surface area (Å²) in [6.07, 6.45) is 3.52. The van der Waals surface area contributed by atoms with Gasteiger partial charge in [-0.3, -0.25) is 9.78 Å². The molecule has 7 heteroatoms. The predicted molar refractivity (Wildman–Crippen MR) is 110 cm³/mol. The first-order chi connectivity index (χ1) is 13.6. The number of amides is 1. The number of ether oxygens (including phenoxy) is 2. The summed E-state index contributed by atoms with van der Waals surface area (Å²) in [6, 6.07) is 9.08. The van der Waals surface area contributed by atoms with Crippen LogP contribution in [-0.2, 0) is 6.54 Å². The Kier molecular flexibility index (Phi) is 6.60. The van der Waals surface area contributed by atoms with Gasteiger partial charge in [0.15, 0.2) is 11.5 Å². The van der Waals surface area contributed by atoms with E-state index in [9.17, 15) is 4.79 Å². The van der Waals surface area contributed by atoms with E-state index in [2.05, 4.69) is 15.3 Å². The Morgan fingerprint density at radius 1 is 1.14 bits per heavy atom. The van der Waals surface area contributed by atoms with Crippen LogP contribution in [0.2, 0.25) is 0 Å². The van der Waals surface area contributed by atoms with Crippen LogP contribution < -0.4 is 14.8 Å². The van der Waals surface area contributed by atoms with Crippen LogP contribution >= 0.6 is 11.3 Å². The minimum Gasteiger partial charge on any atom is -0.490 e. The molecule has 0 unspecified atom stereocenters. The molecule has 0 spiro atoms. The van der Waals surface area contributed by atoms with Gasteiger partial charge in [-0.05, 0) is 51.1 Å². The second-order valence-corrected chi connectivity index (χ2v) is 7.06. The average Bonchev–Trinajstić information content (AvgIpc) is 3.09. The first-order valence-electron chi connectivity index (χ1n) is 9.16. The highest BCUT2D eigenvalue weighted by Crippen LogP contribution is 2.29. The van der Waals surface area contributed by atoms with Crippen molar-refractivity contribution in [1.82, 2.24) is 15.3 Å². The minimum absolute atomic E-state index is 0.167. The summed E-state index contributed by atoms with van der Waals surface area (Å²) in [6.45, 7) is 7.21. The maximum atomic E-state index is 12.6. The summed E-state index contributed by atoms with van der Waals surface area (Å²) in [7, 11) is 0. The molecule has 6 nitrogen and oxygen atoms in total. The van der Waals surface area contributed by atoms with E-state index < -0.39 is 0 Å². The number of rotatable bonds is 8. The fourth-order valence-corrected chi connectivity index (χ4v) is 3.65. The predicted octanol–water partition coefficient (Wildman–Crippen LogP) is 4.24. The Hall–Kier alpha value is -2.93. The number of aromatic nitrogens is 2. The van der Waals surface area contributed by atoms with E-state index in [-0.39, 0.29) is 5.91 Å². The molecule has 0 radical (unpaired) electrons. The molecule has 2 heterocycles. The zero-order chi connectivity index (χ0) is 19.9. The second-order valence-electron chi connectivity index (χ2n) is 5.98. The summed E-state index contributed by atoms with van der Waals surface area (Å²) < 4.78 is 11.1. The molecule has 0 atom stereocenters. The van der Waals surface area contributed by atoms with Crippen molar-refractivity contribution in [3.63, 3.8) is 0 Å². The molecule has 0 fully saturated rings. The molecule has 1 aromatic carbocycles. The molecule has 0 aliphatic carbocycles. The van der Waals surface area contributed by atoms with Crippen molar-refractivity contribution in [3.8, 4) is 22.1 Å². The van der Waals surface area contributed by atoms with Crippen molar-refractivity contribution in [2.24, 2.45) is 0 Å². The van der Waals surface area contributed by atoms with Gasteiger partial charge in [0, 0.05) is 28.4 Å². The van der Waals surface area contributed by atoms with E-state index in [4.69, 9.17) is 9.47 Å². The van der Waals surface area contributed by atoms with Crippen molar-refractivity contribution in [1.29, 1.82) is 0 Å². The third-order valence-corrected chi connectivity index (χ3v) is 5.22. The third-order valence-electron chi connectivity index (χ3n) is 4.02. The number of aryl methyl sites for hydroxylation is 1. The fraction of sp³-hybridized carbons (Fsp3) is 0.286. The minimum atomic E-state index is -0.167. The van der Waals surface area contributed by atoms with Crippen molar-refractivity contribution in [2.75, 3.05) is 13.2 Å². The molecule has 0 saturated carbocycles. The van der Waals surface area contributed by atoms with E-state index in [0.29, 0.717) is 36.8 Å². The molecule has 2 aromatic heterocycles. The molecule has 0 aliphatic rings. The lowest BCUT2D eigenvalue weighted by Gasteiger charge is -2.12. The summed E-state index contributed by atoms with van der Waals surface area (Å²) in [5.74, 6) is 1.05. The molecule has 1 N–H and O–H groups in total. The second kappa shape index (κ2) is 9.32. The lowest BCUT2D eigenvalue weighted by Crippen LogP contribution is -2.22. The Balaban J connectivity index is 1.70. The zero-order valence-corrected chi connectivity index (χ0v) is 17.0. The molecule has 0 aliphatic heterocycles. The molecule has 1 amide bonds. The van der Waals surface area contributed by atoms with Crippen molar-refractivity contribution in [2.45, 2.75) is 27.3 Å². The largest absolute Gasteiger partial charge is 0.490 e. The molecule has 28 heavy (non-hydrogen) atoms. The van der Waals surface area contributed by atoms with Gasteiger partial charge in [-0.15, -0.1) is 11.3 Å². The topological polar surface area (TPSA) is 73.3 Å². The van der Waals surface area contributed by atoms with Gasteiger partial charge in [-0.1, -0.05) is 0 Å². The molecule has 0 saturated heterocycles. The standard InChI is InChI=1S/C21H23N3O3S/c1-4-26-17-9-8-15(11-18(17)27-5-2)20(25)23-13-19-14(3)24-21(28-19)16-7-6-10-22-12-16/h6-12H,4-5,13H2,1-3H3,(H,23,25). The van der Waals surface area contributed by atoms with E-state index in [0.717, 1.165) is 21.1 Å². The highest BCUT2D eigenvalue weighted by atomic mass is 32.1. The molecule has 3 aromatic rings. The first kappa shape index (κ1) is 19.8. The van der Waals surface area contributed by atoms with Gasteiger partial charge in [0.2, 0.25) is 0 Å². The smallest absolute Gasteiger partial charge is 0.251 e. The summed E-state index contributed by atoms with van der Waals surface area (Å²) in [5, 5.41) is 3.86. The highest BCUT2D eigenvalue weighted by molar-refractivity contribution is 7.15. The number of benzene rings is 1. The molecular formula is C21H23N3O3S. The van der Waals surface area contributed by atoms with Gasteiger partial charge < -0.3 is 14.8 Å². The van der Waals surface area contributed by atoms with E-state index in [1.807, 2.05) is 32.9 Å². The maximum Gasteiger partial charge on any atom is 0.251 e. The number of hydrogen-bond donors (Lipinski definition) is 1. The highest BCUT2D eigenvalue weighted by Gasteiger charge is 2.14. The van der Waals surface area contributed by atoms with Crippen LogP contribution in [0.3, 0.4) is 0 Å². The van der Waals surface area contributed by atoms with Crippen LogP contribution in [0.5, 0.6) is 11.5 Å². The van der Waals surface area contributed by atoms with Gasteiger partial charge in [-0.2, -0.15) is 0 Å². The normalized spacial score (nSPS) is 10.5. The van der Waals surface area contributed by atoms with Gasteiger partial charge >= 0.3 is 0 Å². The third kappa shape index (κ3) is 4.67. The maximum absolute atomic E-state index is 12.6. The van der Waals surface area contributed by atoms with Crippen LogP contribution in [0, 0.1) is 6.92 Å². The van der Waals surface area contributed by atoms with Crippen molar-refractivity contribution < 1.29 is 14.3 Å².